The molecule has 0 fully saturated rings. The maximum atomic E-state index is 13.0. The van der Waals surface area contributed by atoms with E-state index in [2.05, 4.69) is 31.7 Å². The van der Waals surface area contributed by atoms with E-state index in [0.717, 1.165) is 22.6 Å². The van der Waals surface area contributed by atoms with Crippen LogP contribution in [-0.4, -0.2) is 37.8 Å². The summed E-state index contributed by atoms with van der Waals surface area (Å²) in [6.45, 7) is 3.01. The second-order valence-corrected chi connectivity index (χ2v) is 8.09. The van der Waals surface area contributed by atoms with E-state index in [1.807, 2.05) is 6.07 Å². The summed E-state index contributed by atoms with van der Waals surface area (Å²) in [5.74, 6) is 0.272. The number of ether oxygens (including phenoxy) is 2. The number of aromatic amines is 1. The Bertz CT molecular complexity index is 1320. The maximum absolute atomic E-state index is 13.0. The van der Waals surface area contributed by atoms with E-state index in [0.29, 0.717) is 30.0 Å². The number of anilines is 1. The van der Waals surface area contributed by atoms with Gasteiger partial charge in [-0.2, -0.15) is 5.10 Å². The third kappa shape index (κ3) is 4.27. The van der Waals surface area contributed by atoms with Crippen molar-refractivity contribution in [3.8, 4) is 17.0 Å². The van der Waals surface area contributed by atoms with Gasteiger partial charge in [-0.25, -0.2) is 4.98 Å². The molecule has 2 aromatic carbocycles. The molecule has 1 amide bonds. The first-order valence-corrected chi connectivity index (χ1v) is 10.5. The largest absolute Gasteiger partial charge is 0.487 e. The van der Waals surface area contributed by atoms with Crippen molar-refractivity contribution in [3.63, 3.8) is 0 Å². The number of halogens is 3. The van der Waals surface area contributed by atoms with Gasteiger partial charge in [0.05, 0.1) is 29.4 Å². The minimum absolute atomic E-state index is 0.0844. The fraction of sp³-hybridized carbons (Fsp3) is 0.227. The summed E-state index contributed by atoms with van der Waals surface area (Å²) in [6, 6.07) is 10.9. The van der Waals surface area contributed by atoms with Crippen molar-refractivity contribution in [2.45, 2.75) is 25.1 Å². The van der Waals surface area contributed by atoms with Gasteiger partial charge in [-0.05, 0) is 49.4 Å². The Morgan fingerprint density at radius 3 is 2.79 bits per heavy atom. The Hall–Kier alpha value is -3.50. The van der Waals surface area contributed by atoms with E-state index in [9.17, 15) is 13.6 Å². The molecule has 170 valence electrons. The lowest BCUT2D eigenvalue weighted by Crippen LogP contribution is -2.21. The van der Waals surface area contributed by atoms with Crippen molar-refractivity contribution in [1.82, 2.24) is 19.7 Å². The molecule has 4 aromatic rings. The maximum Gasteiger partial charge on any atom is 0.487 e. The van der Waals surface area contributed by atoms with Crippen molar-refractivity contribution in [2.75, 3.05) is 11.9 Å². The van der Waals surface area contributed by atoms with Crippen LogP contribution in [0, 0.1) is 0 Å². The van der Waals surface area contributed by atoms with E-state index < -0.39 is 5.57 Å². The van der Waals surface area contributed by atoms with Gasteiger partial charge in [-0.3, -0.25) is 9.89 Å². The summed E-state index contributed by atoms with van der Waals surface area (Å²) in [5.41, 5.74) is 0.0617. The highest BCUT2D eigenvalue weighted by atomic mass is 35.5. The topological polar surface area (TPSA) is 94.1 Å². The number of imidazole rings is 1. The SMILES string of the molecule is C[C@@H]1COCc2nc3cc(C(=O)Nc4ccc(OC(F)(F)Cl)cc4)cc(-c4ccn[nH]4)c3n21. The molecular weight excluding hydrogens is 456 g/mol. The first-order chi connectivity index (χ1) is 15.8. The lowest BCUT2D eigenvalue weighted by molar-refractivity contribution is -0.0964. The predicted octanol–water partition coefficient (Wildman–Crippen LogP) is 4.94. The number of nitrogens with zero attached hydrogens (tertiary/aromatic N) is 3. The number of rotatable bonds is 5. The lowest BCUT2D eigenvalue weighted by Gasteiger charge is -2.23. The van der Waals surface area contributed by atoms with Crippen LogP contribution in [0.25, 0.3) is 22.3 Å². The van der Waals surface area contributed by atoms with Gasteiger partial charge < -0.3 is 19.4 Å². The number of carbonyl (C=O) groups excluding carboxylic acids is 1. The number of aromatic nitrogens is 4. The molecule has 0 aliphatic carbocycles. The van der Waals surface area contributed by atoms with Crippen LogP contribution in [0.3, 0.4) is 0 Å². The number of benzene rings is 2. The molecule has 5 rings (SSSR count). The quantitative estimate of drug-likeness (QED) is 0.400. The summed E-state index contributed by atoms with van der Waals surface area (Å²) >= 11 is 4.78. The van der Waals surface area contributed by atoms with Crippen LogP contribution in [0.15, 0.2) is 48.7 Å². The highest BCUT2D eigenvalue weighted by Gasteiger charge is 2.28. The molecular formula is C22H18ClF2N5O3. The van der Waals surface area contributed by atoms with Gasteiger partial charge >= 0.3 is 5.57 Å². The Balaban J connectivity index is 1.50. The molecule has 0 bridgehead atoms. The summed E-state index contributed by atoms with van der Waals surface area (Å²) in [7, 11) is 0. The van der Waals surface area contributed by atoms with Crippen molar-refractivity contribution in [3.05, 3.63) is 60.0 Å². The van der Waals surface area contributed by atoms with E-state index in [-0.39, 0.29) is 17.7 Å². The molecule has 1 aliphatic rings. The molecule has 11 heteroatoms. The fourth-order valence-corrected chi connectivity index (χ4v) is 4.03. The van der Waals surface area contributed by atoms with E-state index in [4.69, 9.17) is 21.3 Å². The zero-order chi connectivity index (χ0) is 23.2. The highest BCUT2D eigenvalue weighted by molar-refractivity contribution is 6.20. The van der Waals surface area contributed by atoms with Gasteiger partial charge in [0, 0.05) is 34.6 Å². The van der Waals surface area contributed by atoms with Crippen molar-refractivity contribution >= 4 is 34.2 Å². The number of alkyl halides is 3. The van der Waals surface area contributed by atoms with Crippen LogP contribution >= 0.6 is 11.6 Å². The van der Waals surface area contributed by atoms with Gasteiger partial charge in [0.1, 0.15) is 18.2 Å². The van der Waals surface area contributed by atoms with Crippen molar-refractivity contribution < 1.29 is 23.0 Å². The van der Waals surface area contributed by atoms with E-state index >= 15 is 0 Å². The van der Waals surface area contributed by atoms with Crippen LogP contribution in [0.5, 0.6) is 5.75 Å². The average molecular weight is 474 g/mol. The smallest absolute Gasteiger partial charge is 0.420 e. The number of hydrogen-bond acceptors (Lipinski definition) is 5. The van der Waals surface area contributed by atoms with Gasteiger partial charge in [-0.15, -0.1) is 8.78 Å². The van der Waals surface area contributed by atoms with Crippen LogP contribution in [-0.2, 0) is 11.3 Å². The van der Waals surface area contributed by atoms with Gasteiger partial charge in [0.25, 0.3) is 5.91 Å². The molecule has 0 saturated carbocycles. The fourth-order valence-electron chi connectivity index (χ4n) is 3.94. The normalized spacial score (nSPS) is 15.9. The van der Waals surface area contributed by atoms with E-state index in [1.54, 1.807) is 18.3 Å². The molecule has 0 saturated heterocycles. The molecule has 0 spiro atoms. The van der Waals surface area contributed by atoms with Crippen LogP contribution in [0.4, 0.5) is 14.5 Å². The summed E-state index contributed by atoms with van der Waals surface area (Å²) in [4.78, 5) is 17.7. The number of fused-ring (bicyclic) bond motifs is 3. The molecule has 3 heterocycles. The number of carbonyl (C=O) groups is 1. The molecule has 2 N–H and O–H groups in total. The summed E-state index contributed by atoms with van der Waals surface area (Å²) in [6.07, 6.45) is 1.64. The van der Waals surface area contributed by atoms with Crippen molar-refractivity contribution in [1.29, 1.82) is 0 Å². The molecule has 0 radical (unpaired) electrons. The number of amides is 1. The molecule has 0 unspecified atom stereocenters. The molecule has 1 atom stereocenters. The van der Waals surface area contributed by atoms with Gasteiger partial charge in [0.15, 0.2) is 0 Å². The second kappa shape index (κ2) is 8.13. The van der Waals surface area contributed by atoms with Crippen LogP contribution in [0.1, 0.15) is 29.1 Å². The first-order valence-electron chi connectivity index (χ1n) is 10.1. The zero-order valence-electron chi connectivity index (χ0n) is 17.3. The summed E-state index contributed by atoms with van der Waals surface area (Å²) < 4.78 is 37.6. The molecule has 33 heavy (non-hydrogen) atoms. The minimum Gasteiger partial charge on any atom is -0.420 e. The van der Waals surface area contributed by atoms with Gasteiger partial charge in [0.2, 0.25) is 0 Å². The lowest BCUT2D eigenvalue weighted by atomic mass is 10.0. The van der Waals surface area contributed by atoms with Crippen LogP contribution < -0.4 is 10.1 Å². The predicted molar refractivity (Wildman–Crippen MR) is 118 cm³/mol. The van der Waals surface area contributed by atoms with Gasteiger partial charge in [-0.1, -0.05) is 0 Å². The minimum atomic E-state index is -3.81. The highest BCUT2D eigenvalue weighted by Crippen LogP contribution is 2.34. The molecule has 8 nitrogen and oxygen atoms in total. The third-order valence-electron chi connectivity index (χ3n) is 5.29. The van der Waals surface area contributed by atoms with Crippen molar-refractivity contribution in [2.24, 2.45) is 0 Å². The number of nitrogens with one attached hydrogen (secondary N) is 2. The first kappa shape index (κ1) is 21.4. The summed E-state index contributed by atoms with van der Waals surface area (Å²) in [5, 5.41) is 9.76. The Morgan fingerprint density at radius 1 is 1.30 bits per heavy atom. The number of H-pyrrole nitrogens is 1. The third-order valence-corrected chi connectivity index (χ3v) is 5.37. The monoisotopic (exact) mass is 473 g/mol. The molecule has 2 aromatic heterocycles. The Labute approximate surface area is 191 Å². The number of hydrogen-bond donors (Lipinski definition) is 2. The standard InChI is InChI=1S/C22H18ClF2N5O3/c1-12-10-32-11-19-28-18-9-13(8-16(20(18)30(12)19)17-6-7-26-29-17)21(31)27-14-2-4-15(5-3-14)33-22(23,24)25/h2-9,12H,10-11H2,1H3,(H,26,29)(H,27,31)/t12-/m1/s1. The molecule has 1 aliphatic heterocycles. The average Bonchev–Trinajstić information content (AvgIpc) is 3.41. The Morgan fingerprint density at radius 2 is 2.09 bits per heavy atom. The zero-order valence-corrected chi connectivity index (χ0v) is 18.1. The Kier molecular flexibility index (Phi) is 5.26. The van der Waals surface area contributed by atoms with Crippen LogP contribution in [0.2, 0.25) is 0 Å². The van der Waals surface area contributed by atoms with E-state index in [1.165, 1.54) is 24.3 Å². The second-order valence-electron chi connectivity index (χ2n) is 7.65.